The van der Waals surface area contributed by atoms with Crippen molar-refractivity contribution in [1.29, 1.82) is 0 Å². The van der Waals surface area contributed by atoms with Crippen LogP contribution >= 0.6 is 12.4 Å². The van der Waals surface area contributed by atoms with Gasteiger partial charge in [-0.3, -0.25) is 4.79 Å². The summed E-state index contributed by atoms with van der Waals surface area (Å²) in [7, 11) is 0. The quantitative estimate of drug-likeness (QED) is 0.890. The van der Waals surface area contributed by atoms with Crippen molar-refractivity contribution in [3.05, 3.63) is 29.8 Å². The Balaban J connectivity index is 0.00000162. The van der Waals surface area contributed by atoms with E-state index in [-0.39, 0.29) is 30.0 Å². The highest BCUT2D eigenvalue weighted by atomic mass is 35.5. The summed E-state index contributed by atoms with van der Waals surface area (Å²) in [4.78, 5) is 11.6. The minimum atomic E-state index is -0.695. The molecule has 1 aromatic carbocycles. The number of benzene rings is 1. The summed E-state index contributed by atoms with van der Waals surface area (Å²) in [6.45, 7) is 0.923. The van der Waals surface area contributed by atoms with Crippen LogP contribution in [0.1, 0.15) is 19.3 Å². The molecule has 0 radical (unpaired) electrons. The summed E-state index contributed by atoms with van der Waals surface area (Å²) in [5, 5.41) is 5.68. The van der Waals surface area contributed by atoms with Gasteiger partial charge in [-0.25, -0.2) is 8.78 Å². The van der Waals surface area contributed by atoms with Gasteiger partial charge in [-0.1, -0.05) is 0 Å². The van der Waals surface area contributed by atoms with E-state index in [1.807, 2.05) is 0 Å². The van der Waals surface area contributed by atoms with Crippen LogP contribution in [0.25, 0.3) is 0 Å². The molecule has 1 unspecified atom stereocenters. The predicted octanol–water partition coefficient (Wildman–Crippen LogP) is 2.47. The summed E-state index contributed by atoms with van der Waals surface area (Å²) in [6, 6.07) is 3.15. The zero-order chi connectivity index (χ0) is 12.3. The lowest BCUT2D eigenvalue weighted by Crippen LogP contribution is -2.27. The van der Waals surface area contributed by atoms with Gasteiger partial charge in [0.1, 0.15) is 11.6 Å². The van der Waals surface area contributed by atoms with Gasteiger partial charge in [0.25, 0.3) is 0 Å². The van der Waals surface area contributed by atoms with Gasteiger partial charge < -0.3 is 10.6 Å². The van der Waals surface area contributed by atoms with E-state index < -0.39 is 11.6 Å². The number of rotatable bonds is 3. The van der Waals surface area contributed by atoms with Gasteiger partial charge in [-0.05, 0) is 31.5 Å². The average molecular weight is 277 g/mol. The molecule has 0 aliphatic carbocycles. The number of nitrogens with one attached hydrogen (secondary N) is 2. The van der Waals surface area contributed by atoms with Crippen LogP contribution in [0.15, 0.2) is 18.2 Å². The standard InChI is InChI=1S/C12H14F2N2O.ClH/c13-8-4-9(14)6-11(5-8)16-12(17)7-10-2-1-3-15-10;/h4-6,10,15H,1-3,7H2,(H,16,17);1H. The maximum absolute atomic E-state index is 12.9. The van der Waals surface area contributed by atoms with E-state index in [9.17, 15) is 13.6 Å². The van der Waals surface area contributed by atoms with Crippen molar-refractivity contribution >= 4 is 24.0 Å². The maximum atomic E-state index is 12.9. The van der Waals surface area contributed by atoms with Crippen molar-refractivity contribution < 1.29 is 13.6 Å². The van der Waals surface area contributed by atoms with Gasteiger partial charge in [0.15, 0.2) is 0 Å². The molecule has 1 fully saturated rings. The van der Waals surface area contributed by atoms with Gasteiger partial charge in [0.05, 0.1) is 0 Å². The van der Waals surface area contributed by atoms with Crippen LogP contribution in [0.3, 0.4) is 0 Å². The fourth-order valence-electron chi connectivity index (χ4n) is 1.99. The molecule has 1 saturated heterocycles. The Kier molecular flexibility index (Phi) is 5.50. The van der Waals surface area contributed by atoms with Crippen LogP contribution < -0.4 is 10.6 Å². The molecule has 1 atom stereocenters. The molecule has 100 valence electrons. The zero-order valence-electron chi connectivity index (χ0n) is 9.71. The highest BCUT2D eigenvalue weighted by Crippen LogP contribution is 2.14. The minimum Gasteiger partial charge on any atom is -0.326 e. The Bertz CT molecular complexity index is 402. The molecular formula is C12H15ClF2N2O. The molecule has 1 aliphatic rings. The number of carbonyl (C=O) groups excluding carboxylic acids is 1. The summed E-state index contributed by atoms with van der Waals surface area (Å²) >= 11 is 0. The molecule has 1 aromatic rings. The molecule has 3 nitrogen and oxygen atoms in total. The second-order valence-electron chi connectivity index (χ2n) is 4.20. The lowest BCUT2D eigenvalue weighted by atomic mass is 10.1. The highest BCUT2D eigenvalue weighted by Gasteiger charge is 2.17. The number of amides is 1. The van der Waals surface area contributed by atoms with Gasteiger partial charge in [-0.2, -0.15) is 0 Å². The third-order valence-corrected chi connectivity index (χ3v) is 2.74. The molecule has 1 heterocycles. The number of anilines is 1. The fraction of sp³-hybridized carbons (Fsp3) is 0.417. The van der Waals surface area contributed by atoms with Crippen molar-refractivity contribution in [3.8, 4) is 0 Å². The van der Waals surface area contributed by atoms with Gasteiger partial charge in [0.2, 0.25) is 5.91 Å². The van der Waals surface area contributed by atoms with Crippen molar-refractivity contribution in [2.45, 2.75) is 25.3 Å². The molecular weight excluding hydrogens is 262 g/mol. The lowest BCUT2D eigenvalue weighted by Gasteiger charge is -2.10. The monoisotopic (exact) mass is 276 g/mol. The molecule has 0 spiro atoms. The normalized spacial score (nSPS) is 18.2. The predicted molar refractivity (Wildman–Crippen MR) is 67.9 cm³/mol. The lowest BCUT2D eigenvalue weighted by molar-refractivity contribution is -0.116. The van der Waals surface area contributed by atoms with E-state index in [2.05, 4.69) is 10.6 Å². The van der Waals surface area contributed by atoms with Crippen molar-refractivity contribution in [2.24, 2.45) is 0 Å². The van der Waals surface area contributed by atoms with Crippen LogP contribution in [0.4, 0.5) is 14.5 Å². The molecule has 2 N–H and O–H groups in total. The largest absolute Gasteiger partial charge is 0.326 e. The molecule has 6 heteroatoms. The van der Waals surface area contributed by atoms with E-state index in [1.54, 1.807) is 0 Å². The van der Waals surface area contributed by atoms with Crippen LogP contribution in [0, 0.1) is 11.6 Å². The average Bonchev–Trinajstić information content (AvgIpc) is 2.67. The second kappa shape index (κ2) is 6.66. The van der Waals surface area contributed by atoms with Gasteiger partial charge >= 0.3 is 0 Å². The number of carbonyl (C=O) groups is 1. The summed E-state index contributed by atoms with van der Waals surface area (Å²) < 4.78 is 25.8. The third-order valence-electron chi connectivity index (χ3n) is 2.74. The third kappa shape index (κ3) is 4.23. The zero-order valence-corrected chi connectivity index (χ0v) is 10.5. The van der Waals surface area contributed by atoms with Crippen LogP contribution in [-0.2, 0) is 4.79 Å². The van der Waals surface area contributed by atoms with E-state index >= 15 is 0 Å². The van der Waals surface area contributed by atoms with Crippen LogP contribution in [0.5, 0.6) is 0 Å². The Morgan fingerprint density at radius 3 is 2.56 bits per heavy atom. The Labute approximate surface area is 110 Å². The van der Waals surface area contributed by atoms with Crippen LogP contribution in [-0.4, -0.2) is 18.5 Å². The molecule has 2 rings (SSSR count). The first-order valence-electron chi connectivity index (χ1n) is 5.63. The molecule has 0 bridgehead atoms. The summed E-state index contributed by atoms with van der Waals surface area (Å²) in [5.74, 6) is -1.62. The Morgan fingerprint density at radius 2 is 2.00 bits per heavy atom. The maximum Gasteiger partial charge on any atom is 0.225 e. The Morgan fingerprint density at radius 1 is 1.33 bits per heavy atom. The summed E-state index contributed by atoms with van der Waals surface area (Å²) in [5.41, 5.74) is 0.158. The van der Waals surface area contributed by atoms with Crippen molar-refractivity contribution in [2.75, 3.05) is 11.9 Å². The molecule has 1 amide bonds. The van der Waals surface area contributed by atoms with E-state index in [4.69, 9.17) is 0 Å². The second-order valence-corrected chi connectivity index (χ2v) is 4.20. The first-order chi connectivity index (χ1) is 8.13. The molecule has 0 aromatic heterocycles. The topological polar surface area (TPSA) is 41.1 Å². The number of halogens is 3. The molecule has 1 aliphatic heterocycles. The number of hydrogen-bond donors (Lipinski definition) is 2. The van der Waals surface area contributed by atoms with E-state index in [0.717, 1.165) is 37.6 Å². The SMILES string of the molecule is Cl.O=C(CC1CCCN1)Nc1cc(F)cc(F)c1. The fourth-order valence-corrected chi connectivity index (χ4v) is 1.99. The molecule has 0 saturated carbocycles. The summed E-state index contributed by atoms with van der Waals surface area (Å²) in [6.07, 6.45) is 2.36. The van der Waals surface area contributed by atoms with Crippen molar-refractivity contribution in [1.82, 2.24) is 5.32 Å². The van der Waals surface area contributed by atoms with E-state index in [1.165, 1.54) is 0 Å². The first kappa shape index (κ1) is 14.9. The van der Waals surface area contributed by atoms with Crippen LogP contribution in [0.2, 0.25) is 0 Å². The smallest absolute Gasteiger partial charge is 0.225 e. The van der Waals surface area contributed by atoms with Gasteiger partial charge in [-0.15, -0.1) is 12.4 Å². The van der Waals surface area contributed by atoms with E-state index in [0.29, 0.717) is 6.42 Å². The van der Waals surface area contributed by atoms with Gasteiger partial charge in [0, 0.05) is 24.2 Å². The first-order valence-corrected chi connectivity index (χ1v) is 5.63. The molecule has 18 heavy (non-hydrogen) atoms. The number of hydrogen-bond acceptors (Lipinski definition) is 2. The van der Waals surface area contributed by atoms with Crippen molar-refractivity contribution in [3.63, 3.8) is 0 Å². The highest BCUT2D eigenvalue weighted by molar-refractivity contribution is 5.91. The minimum absolute atomic E-state index is 0. The Hall–Kier alpha value is -1.20.